The van der Waals surface area contributed by atoms with Gasteiger partial charge in [-0.2, -0.15) is 0 Å². The van der Waals surface area contributed by atoms with E-state index in [0.29, 0.717) is 16.7 Å². The van der Waals surface area contributed by atoms with Crippen molar-refractivity contribution < 1.29 is 39.9 Å². The summed E-state index contributed by atoms with van der Waals surface area (Å²) in [6.07, 6.45) is -1.64. The molecule has 0 radical (unpaired) electrons. The number of fused-ring (bicyclic) bond motifs is 3. The number of rotatable bonds is 5. The van der Waals surface area contributed by atoms with Crippen molar-refractivity contribution in [2.24, 2.45) is 17.6 Å². The third-order valence-corrected chi connectivity index (χ3v) is 10.4. The second-order valence-corrected chi connectivity index (χ2v) is 13.3. The number of phenols is 1. The van der Waals surface area contributed by atoms with Gasteiger partial charge in [0.05, 0.1) is 23.6 Å². The number of benzene rings is 2. The number of ketones is 2. The normalized spacial score (nSPS) is 30.4. The van der Waals surface area contributed by atoms with E-state index >= 15 is 0 Å². The van der Waals surface area contributed by atoms with Crippen LogP contribution in [0.3, 0.4) is 0 Å². The van der Waals surface area contributed by atoms with Gasteiger partial charge < -0.3 is 36.2 Å². The summed E-state index contributed by atoms with van der Waals surface area (Å²) in [5, 5.41) is 58.2. The van der Waals surface area contributed by atoms with E-state index < -0.39 is 75.6 Å². The molecule has 4 aliphatic rings. The molecule has 0 spiro atoms. The molecule has 0 unspecified atom stereocenters. The summed E-state index contributed by atoms with van der Waals surface area (Å²) in [6, 6.07) is 9.77. The number of nitrogens with zero attached hydrogens (tertiary/aromatic N) is 3. The Labute approximate surface area is 266 Å². The van der Waals surface area contributed by atoms with Crippen LogP contribution in [0.25, 0.3) is 16.9 Å². The van der Waals surface area contributed by atoms with E-state index in [1.807, 2.05) is 24.3 Å². The Bertz CT molecular complexity index is 1710. The molecule has 2 aromatic carbocycles. The van der Waals surface area contributed by atoms with E-state index in [1.54, 1.807) is 19.1 Å². The van der Waals surface area contributed by atoms with Crippen LogP contribution in [0, 0.1) is 11.8 Å². The number of aromatic hydroxyl groups is 1. The minimum Gasteiger partial charge on any atom is -0.508 e. The van der Waals surface area contributed by atoms with Gasteiger partial charge in [0.15, 0.2) is 11.4 Å². The molecule has 1 aliphatic heterocycles. The third-order valence-electron chi connectivity index (χ3n) is 10.4. The number of Topliss-reactive ketones (excluding diaryl/α,β-unsaturated/α-hetero) is 2. The zero-order valence-corrected chi connectivity index (χ0v) is 26.3. The number of primary amides is 1. The zero-order chi connectivity index (χ0) is 33.4. The summed E-state index contributed by atoms with van der Waals surface area (Å²) in [7, 11) is 5.05. The molecule has 1 saturated carbocycles. The lowest BCUT2D eigenvalue weighted by atomic mass is 9.54. The Kier molecular flexibility index (Phi) is 7.85. The molecule has 0 aromatic heterocycles. The van der Waals surface area contributed by atoms with Crippen LogP contribution in [-0.2, 0) is 20.9 Å². The predicted octanol–water partition coefficient (Wildman–Crippen LogP) is 0.910. The predicted molar refractivity (Wildman–Crippen MR) is 169 cm³/mol. The van der Waals surface area contributed by atoms with Crippen LogP contribution in [0.4, 0.5) is 0 Å². The largest absolute Gasteiger partial charge is 0.508 e. The van der Waals surface area contributed by atoms with Gasteiger partial charge in [0.1, 0.15) is 22.8 Å². The van der Waals surface area contributed by atoms with E-state index in [-0.39, 0.29) is 11.3 Å². The molecule has 1 amide bonds. The number of hydrogen-bond donors (Lipinski definition) is 6. The Hall–Kier alpha value is -4.07. The van der Waals surface area contributed by atoms with E-state index in [2.05, 4.69) is 16.8 Å². The zero-order valence-electron chi connectivity index (χ0n) is 26.3. The van der Waals surface area contributed by atoms with Crippen LogP contribution < -0.4 is 5.73 Å². The van der Waals surface area contributed by atoms with Gasteiger partial charge in [0, 0.05) is 49.8 Å². The summed E-state index contributed by atoms with van der Waals surface area (Å²) in [5.74, 6) is -9.04. The Balaban J connectivity index is 1.46. The van der Waals surface area contributed by atoms with Gasteiger partial charge >= 0.3 is 0 Å². The topological polar surface area (TPSA) is 188 Å². The Morgan fingerprint density at radius 2 is 1.74 bits per heavy atom. The molecule has 2 aromatic rings. The molecule has 12 heteroatoms. The molecule has 6 rings (SSSR count). The van der Waals surface area contributed by atoms with Crippen molar-refractivity contribution in [2.75, 3.05) is 47.3 Å². The highest BCUT2D eigenvalue weighted by Gasteiger charge is 2.68. The van der Waals surface area contributed by atoms with Crippen LogP contribution in [-0.4, -0.2) is 123 Å². The summed E-state index contributed by atoms with van der Waals surface area (Å²) in [4.78, 5) is 45.8. The standard InChI is InChI=1S/C34H40N4O8/c1-16-19-8-9-20(18-7-5-6-17(14-18)15-38-12-10-37(4)11-13-38)27(39)22(19)28(40)23-21(16)29(41)25-26(36(2)3)30(42)24(33(35)45)32(44)34(25,46)31(23)43/h5-9,14,16,21,25-26,29,39-41,44,46H,10-13,15H2,1-4H3,(H2,35,45)/t16-,21+,25+,26-,29-,34-/m0/s1. The van der Waals surface area contributed by atoms with E-state index in [4.69, 9.17) is 5.73 Å². The monoisotopic (exact) mass is 632 g/mol. The SMILES string of the molecule is C[C@H]1c2ccc(-c3cccc(CN4CCN(C)CC4)c3)c(O)c2C(O)=C2C(=O)[C@]3(O)C(O)=C(C(N)=O)C(=O)[C@@H](N(C)C)[C@@H]3[C@@H](O)[C@@H]21. The van der Waals surface area contributed by atoms with Gasteiger partial charge in [-0.15, -0.1) is 0 Å². The van der Waals surface area contributed by atoms with Crippen LogP contribution in [0.2, 0.25) is 0 Å². The summed E-state index contributed by atoms with van der Waals surface area (Å²) < 4.78 is 0. The number of phenolic OH excluding ortho intramolecular Hbond substituents is 1. The maximum atomic E-state index is 14.3. The van der Waals surface area contributed by atoms with Crippen molar-refractivity contribution in [3.05, 3.63) is 70.0 Å². The van der Waals surface area contributed by atoms with Gasteiger partial charge in [-0.25, -0.2) is 0 Å². The van der Waals surface area contributed by atoms with Gasteiger partial charge in [0.2, 0.25) is 5.78 Å². The molecular formula is C34H40N4O8. The maximum absolute atomic E-state index is 14.3. The number of carbonyl (C=O) groups is 3. The fourth-order valence-electron chi connectivity index (χ4n) is 7.95. The average molecular weight is 633 g/mol. The fraction of sp³-hybridized carbons (Fsp3) is 0.441. The van der Waals surface area contributed by atoms with Crippen LogP contribution in [0.1, 0.15) is 29.5 Å². The highest BCUT2D eigenvalue weighted by atomic mass is 16.4. The first-order chi connectivity index (χ1) is 21.7. The number of carbonyl (C=O) groups excluding carboxylic acids is 3. The fourth-order valence-corrected chi connectivity index (χ4v) is 7.95. The number of hydrogen-bond acceptors (Lipinski definition) is 11. The molecule has 0 bridgehead atoms. The van der Waals surface area contributed by atoms with Gasteiger partial charge in [-0.3, -0.25) is 24.2 Å². The van der Waals surface area contributed by atoms with E-state index in [9.17, 15) is 39.9 Å². The highest BCUT2D eigenvalue weighted by Crippen LogP contribution is 2.56. The van der Waals surface area contributed by atoms with Crippen molar-refractivity contribution in [2.45, 2.75) is 37.1 Å². The van der Waals surface area contributed by atoms with Crippen molar-refractivity contribution in [1.29, 1.82) is 0 Å². The lowest BCUT2D eigenvalue weighted by molar-refractivity contribution is -0.169. The van der Waals surface area contributed by atoms with Gasteiger partial charge in [0.25, 0.3) is 5.91 Å². The molecule has 7 N–H and O–H groups in total. The van der Waals surface area contributed by atoms with Crippen molar-refractivity contribution in [3.63, 3.8) is 0 Å². The van der Waals surface area contributed by atoms with E-state index in [1.165, 1.54) is 19.0 Å². The minimum absolute atomic E-state index is 0.0297. The molecule has 46 heavy (non-hydrogen) atoms. The lowest BCUT2D eigenvalue weighted by Crippen LogP contribution is -2.70. The highest BCUT2D eigenvalue weighted by molar-refractivity contribution is 6.24. The second kappa shape index (κ2) is 11.3. The second-order valence-electron chi connectivity index (χ2n) is 13.3. The molecule has 6 atom stereocenters. The number of amides is 1. The van der Waals surface area contributed by atoms with Crippen LogP contribution in [0.5, 0.6) is 5.75 Å². The minimum atomic E-state index is -2.95. The quantitative estimate of drug-likeness (QED) is 0.257. The number of aliphatic hydroxyl groups is 4. The summed E-state index contributed by atoms with van der Waals surface area (Å²) in [6.45, 7) is 6.28. The Morgan fingerprint density at radius 1 is 1.07 bits per heavy atom. The first kappa shape index (κ1) is 31.9. The van der Waals surface area contributed by atoms with E-state index in [0.717, 1.165) is 38.3 Å². The number of nitrogens with two attached hydrogens (primary N) is 1. The van der Waals surface area contributed by atoms with Crippen molar-refractivity contribution in [1.82, 2.24) is 14.7 Å². The summed E-state index contributed by atoms with van der Waals surface area (Å²) >= 11 is 0. The van der Waals surface area contributed by atoms with Gasteiger partial charge in [-0.05, 0) is 49.8 Å². The lowest BCUT2D eigenvalue weighted by Gasteiger charge is -2.53. The smallest absolute Gasteiger partial charge is 0.255 e. The molecule has 244 valence electrons. The first-order valence-corrected chi connectivity index (χ1v) is 15.4. The number of piperazine rings is 1. The number of aliphatic hydroxyl groups excluding tert-OH is 3. The third kappa shape index (κ3) is 4.58. The van der Waals surface area contributed by atoms with Crippen molar-refractivity contribution >= 4 is 23.2 Å². The average Bonchev–Trinajstić information content (AvgIpc) is 3.00. The molecular weight excluding hydrogens is 592 g/mol. The molecule has 2 fully saturated rings. The van der Waals surface area contributed by atoms with Gasteiger partial charge in [-0.1, -0.05) is 37.3 Å². The van der Waals surface area contributed by atoms with Crippen molar-refractivity contribution in [3.8, 4) is 16.9 Å². The number of likely N-dealkylation sites (N-methyl/N-ethyl adjacent to an activating group) is 2. The molecule has 12 nitrogen and oxygen atoms in total. The molecule has 3 aliphatic carbocycles. The Morgan fingerprint density at radius 3 is 2.37 bits per heavy atom. The van der Waals surface area contributed by atoms with Crippen LogP contribution >= 0.6 is 0 Å². The molecule has 1 saturated heterocycles. The maximum Gasteiger partial charge on any atom is 0.255 e. The summed E-state index contributed by atoms with van der Waals surface area (Å²) in [5.41, 5.74) is 3.67. The van der Waals surface area contributed by atoms with Crippen LogP contribution in [0.15, 0.2) is 53.3 Å². The molecule has 1 heterocycles. The first-order valence-electron chi connectivity index (χ1n) is 15.4.